The van der Waals surface area contributed by atoms with E-state index in [4.69, 9.17) is 5.73 Å². The third kappa shape index (κ3) is 4.19. The van der Waals surface area contributed by atoms with Crippen LogP contribution in [0.15, 0.2) is 24.8 Å². The summed E-state index contributed by atoms with van der Waals surface area (Å²) in [6.45, 7) is 12.0. The minimum absolute atomic E-state index is 0. The first-order valence-electron chi connectivity index (χ1n) is 5.70. The third-order valence-electron chi connectivity index (χ3n) is 2.31. The summed E-state index contributed by atoms with van der Waals surface area (Å²) >= 11 is 0. The summed E-state index contributed by atoms with van der Waals surface area (Å²) < 4.78 is 0. The first-order chi connectivity index (χ1) is 7.20. The van der Waals surface area contributed by atoms with E-state index in [-0.39, 0.29) is 13.5 Å². The van der Waals surface area contributed by atoms with Crippen molar-refractivity contribution in [3.05, 3.63) is 41.5 Å². The Morgan fingerprint density at radius 1 is 1.38 bits per heavy atom. The predicted molar refractivity (Wildman–Crippen MR) is 76.6 cm³/mol. The highest BCUT2D eigenvalue weighted by Crippen LogP contribution is 2.21. The number of hydrogen-bond acceptors (Lipinski definition) is 1. The second-order valence-electron chi connectivity index (χ2n) is 3.27. The molecule has 92 valence electrons. The van der Waals surface area contributed by atoms with Crippen molar-refractivity contribution in [2.45, 2.75) is 47.6 Å². The van der Waals surface area contributed by atoms with Gasteiger partial charge in [0.2, 0.25) is 0 Å². The van der Waals surface area contributed by atoms with Crippen LogP contribution in [-0.2, 0) is 6.42 Å². The molecule has 1 rings (SSSR count). The highest BCUT2D eigenvalue weighted by molar-refractivity contribution is 5.57. The molecule has 0 amide bonds. The molecule has 0 radical (unpaired) electrons. The first kappa shape index (κ1) is 17.3. The van der Waals surface area contributed by atoms with Gasteiger partial charge in [0, 0.05) is 6.04 Å². The van der Waals surface area contributed by atoms with Crippen LogP contribution in [-0.4, -0.2) is 0 Å². The van der Waals surface area contributed by atoms with Crippen LogP contribution in [0.2, 0.25) is 0 Å². The molecule has 1 atom stereocenters. The van der Waals surface area contributed by atoms with Gasteiger partial charge in [-0.3, -0.25) is 0 Å². The van der Waals surface area contributed by atoms with Crippen molar-refractivity contribution >= 4 is 6.08 Å². The van der Waals surface area contributed by atoms with Gasteiger partial charge in [0.1, 0.15) is 0 Å². The molecule has 1 nitrogen and oxygen atoms in total. The average Bonchev–Trinajstić information content (AvgIpc) is 2.30. The molecule has 0 aliphatic heterocycles. The fourth-order valence-corrected chi connectivity index (χ4v) is 1.59. The Balaban J connectivity index is 0. The van der Waals surface area contributed by atoms with Gasteiger partial charge < -0.3 is 5.73 Å². The lowest BCUT2D eigenvalue weighted by molar-refractivity contribution is 0.812. The zero-order valence-corrected chi connectivity index (χ0v) is 10.4. The maximum atomic E-state index is 5.87. The first-order valence-corrected chi connectivity index (χ1v) is 5.70. The Labute approximate surface area is 101 Å². The quantitative estimate of drug-likeness (QED) is 0.794. The van der Waals surface area contributed by atoms with Crippen molar-refractivity contribution in [3.63, 3.8) is 0 Å². The minimum Gasteiger partial charge on any atom is -0.324 e. The van der Waals surface area contributed by atoms with Crippen molar-refractivity contribution in [1.82, 2.24) is 0 Å². The van der Waals surface area contributed by atoms with Gasteiger partial charge in [-0.1, -0.05) is 59.1 Å². The van der Waals surface area contributed by atoms with Gasteiger partial charge in [-0.05, 0) is 30.0 Å². The van der Waals surface area contributed by atoms with Crippen molar-refractivity contribution < 1.29 is 0 Å². The molecule has 1 heteroatoms. The lowest BCUT2D eigenvalue weighted by atomic mass is 9.95. The summed E-state index contributed by atoms with van der Waals surface area (Å²) in [6.07, 6.45) is 2.93. The maximum absolute atomic E-state index is 5.87. The largest absolute Gasteiger partial charge is 0.324 e. The van der Waals surface area contributed by atoms with E-state index in [1.54, 1.807) is 0 Å². The van der Waals surface area contributed by atoms with Crippen LogP contribution in [0.4, 0.5) is 0 Å². The van der Waals surface area contributed by atoms with E-state index >= 15 is 0 Å². The molecule has 1 aromatic rings. The minimum atomic E-state index is 0. The summed E-state index contributed by atoms with van der Waals surface area (Å²) in [5.41, 5.74) is 9.59. The van der Waals surface area contributed by atoms with Gasteiger partial charge >= 0.3 is 0 Å². The molecule has 0 aromatic heterocycles. The van der Waals surface area contributed by atoms with Crippen molar-refractivity contribution in [2.75, 3.05) is 0 Å². The van der Waals surface area contributed by atoms with Gasteiger partial charge in [-0.2, -0.15) is 0 Å². The zero-order valence-electron chi connectivity index (χ0n) is 10.4. The van der Waals surface area contributed by atoms with Crippen LogP contribution in [0.5, 0.6) is 0 Å². The standard InChI is InChI=1S/C12H17N.C2H6.CH4/c1-4-10-7-6-8-12(9(3)13)11(10)5-2;1-2;/h5-9H,2,4,13H2,1,3H3;1-2H3;1H4. The van der Waals surface area contributed by atoms with Gasteiger partial charge in [-0.15, -0.1) is 0 Å². The molecule has 0 heterocycles. The molecular formula is C15H27N. The van der Waals surface area contributed by atoms with E-state index in [0.717, 1.165) is 6.42 Å². The third-order valence-corrected chi connectivity index (χ3v) is 2.31. The van der Waals surface area contributed by atoms with Crippen molar-refractivity contribution in [2.24, 2.45) is 5.73 Å². The Bertz CT molecular complexity index is 300. The van der Waals surface area contributed by atoms with Gasteiger partial charge in [0.15, 0.2) is 0 Å². The predicted octanol–water partition coefficient (Wildman–Crippen LogP) is 4.57. The van der Waals surface area contributed by atoms with E-state index in [9.17, 15) is 0 Å². The lowest BCUT2D eigenvalue weighted by Gasteiger charge is -2.13. The summed E-state index contributed by atoms with van der Waals surface area (Å²) in [7, 11) is 0. The Hall–Kier alpha value is -1.08. The molecule has 0 bridgehead atoms. The molecule has 1 unspecified atom stereocenters. The fourth-order valence-electron chi connectivity index (χ4n) is 1.59. The molecule has 1 aromatic carbocycles. The lowest BCUT2D eigenvalue weighted by Crippen LogP contribution is -2.08. The Morgan fingerprint density at radius 2 is 1.94 bits per heavy atom. The maximum Gasteiger partial charge on any atom is 0.0272 e. The number of aryl methyl sites for hydroxylation is 1. The van der Waals surface area contributed by atoms with E-state index < -0.39 is 0 Å². The molecule has 2 N–H and O–H groups in total. The van der Waals surface area contributed by atoms with Crippen LogP contribution in [0.3, 0.4) is 0 Å². The molecule has 0 aliphatic carbocycles. The van der Waals surface area contributed by atoms with Crippen molar-refractivity contribution in [3.8, 4) is 0 Å². The molecule has 0 aliphatic rings. The molecule has 0 fully saturated rings. The highest BCUT2D eigenvalue weighted by atomic mass is 14.6. The molecular weight excluding hydrogens is 194 g/mol. The summed E-state index contributed by atoms with van der Waals surface area (Å²) in [6, 6.07) is 6.34. The monoisotopic (exact) mass is 221 g/mol. The summed E-state index contributed by atoms with van der Waals surface area (Å²) in [5, 5.41) is 0. The number of benzene rings is 1. The van der Waals surface area contributed by atoms with Gasteiger partial charge in [0.25, 0.3) is 0 Å². The normalized spacial score (nSPS) is 10.6. The Morgan fingerprint density at radius 3 is 2.31 bits per heavy atom. The SMILES string of the molecule is C.C=Cc1c(CC)cccc1C(C)N.CC. The second kappa shape index (κ2) is 9.17. The van der Waals surface area contributed by atoms with E-state index in [1.165, 1.54) is 16.7 Å². The molecule has 16 heavy (non-hydrogen) atoms. The van der Waals surface area contributed by atoms with Gasteiger partial charge in [0.05, 0.1) is 0 Å². The molecule has 0 saturated heterocycles. The highest BCUT2D eigenvalue weighted by Gasteiger charge is 2.06. The van der Waals surface area contributed by atoms with E-state index in [1.807, 2.05) is 26.8 Å². The van der Waals surface area contributed by atoms with Crippen molar-refractivity contribution in [1.29, 1.82) is 0 Å². The number of nitrogens with two attached hydrogens (primary N) is 1. The van der Waals surface area contributed by atoms with Crippen LogP contribution in [0.25, 0.3) is 6.08 Å². The van der Waals surface area contributed by atoms with E-state index in [0.29, 0.717) is 0 Å². The fraction of sp³-hybridized carbons (Fsp3) is 0.467. The zero-order chi connectivity index (χ0) is 11.8. The average molecular weight is 221 g/mol. The summed E-state index contributed by atoms with van der Waals surface area (Å²) in [4.78, 5) is 0. The number of hydrogen-bond donors (Lipinski definition) is 1. The molecule has 0 spiro atoms. The van der Waals surface area contributed by atoms with Crippen LogP contribution in [0, 0.1) is 0 Å². The van der Waals surface area contributed by atoms with E-state index in [2.05, 4.69) is 31.7 Å². The smallest absolute Gasteiger partial charge is 0.0272 e. The molecule has 0 saturated carbocycles. The Kier molecular flexibility index (Phi) is 9.92. The van der Waals surface area contributed by atoms with Crippen LogP contribution in [0.1, 0.15) is 57.9 Å². The number of rotatable bonds is 3. The van der Waals surface area contributed by atoms with Gasteiger partial charge in [-0.25, -0.2) is 0 Å². The van der Waals surface area contributed by atoms with Crippen LogP contribution < -0.4 is 5.73 Å². The summed E-state index contributed by atoms with van der Waals surface area (Å²) in [5.74, 6) is 0. The topological polar surface area (TPSA) is 26.0 Å². The van der Waals surface area contributed by atoms with Crippen LogP contribution >= 0.6 is 0 Å². The second-order valence-corrected chi connectivity index (χ2v) is 3.27.